The van der Waals surface area contributed by atoms with Crippen LogP contribution in [0.25, 0.3) is 55.0 Å². The Morgan fingerprint density at radius 3 is 1.16 bits per heavy atom. The molecule has 0 radical (unpaired) electrons. The molecule has 7 aromatic rings. The maximum atomic E-state index is 4.03. The molecule has 50 heavy (non-hydrogen) atoms. The summed E-state index contributed by atoms with van der Waals surface area (Å²) in [6.45, 7) is 28.3. The summed E-state index contributed by atoms with van der Waals surface area (Å²) in [7, 11) is 0. The predicted octanol–water partition coefficient (Wildman–Crippen LogP) is 11.0. The van der Waals surface area contributed by atoms with E-state index in [1.165, 1.54) is 93.6 Å². The molecule has 2 nitrogen and oxygen atoms in total. The lowest BCUT2D eigenvalue weighted by atomic mass is 9.34. The van der Waals surface area contributed by atoms with Crippen molar-refractivity contribution in [1.29, 1.82) is 0 Å². The fourth-order valence-corrected chi connectivity index (χ4v) is 9.27. The second-order valence-electron chi connectivity index (χ2n) is 19.3. The van der Waals surface area contributed by atoms with Gasteiger partial charge in [-0.3, -0.25) is 0 Å². The molecule has 4 heteroatoms. The number of aromatic nitrogens is 2. The van der Waals surface area contributed by atoms with Gasteiger partial charge in [0.05, 0.1) is 11.0 Å². The molecule has 9 rings (SSSR count). The molecule has 2 aliphatic rings. The lowest BCUT2D eigenvalue weighted by Crippen LogP contribution is -2.59. The number of halogens is 1. The Balaban J connectivity index is 1.52. The third-order valence-corrected chi connectivity index (χ3v) is 12.2. The Hall–Kier alpha value is -3.76. The van der Waals surface area contributed by atoms with Gasteiger partial charge in [0.2, 0.25) is 0 Å². The van der Waals surface area contributed by atoms with Gasteiger partial charge in [-0.1, -0.05) is 123 Å². The quantitative estimate of drug-likeness (QED) is 0.138. The van der Waals surface area contributed by atoms with Crippen LogP contribution in [0.5, 0.6) is 0 Å². The first-order chi connectivity index (χ1) is 23.2. The number of hydrogen-bond donors (Lipinski definition) is 0. The van der Waals surface area contributed by atoms with Crippen LogP contribution in [0.2, 0.25) is 0 Å². The zero-order valence-corrected chi connectivity index (χ0v) is 33.4. The Labute approximate surface area is 306 Å². The molecular weight excluding hydrogens is 671 g/mol. The van der Waals surface area contributed by atoms with E-state index in [4.69, 9.17) is 0 Å². The molecule has 0 unspecified atom stereocenters. The third kappa shape index (κ3) is 4.33. The van der Waals surface area contributed by atoms with Crippen LogP contribution < -0.4 is 16.4 Å². The van der Waals surface area contributed by atoms with E-state index in [0.29, 0.717) is 0 Å². The van der Waals surface area contributed by atoms with E-state index in [1.54, 1.807) is 0 Å². The number of hydrogen-bond acceptors (Lipinski definition) is 0. The molecule has 0 fully saturated rings. The zero-order valence-electron chi connectivity index (χ0n) is 31.8. The van der Waals surface area contributed by atoms with E-state index in [-0.39, 0.29) is 28.4 Å². The number of benzene rings is 5. The Bertz CT molecular complexity index is 2460. The lowest BCUT2D eigenvalue weighted by Gasteiger charge is -2.35. The molecule has 252 valence electrons. The van der Waals surface area contributed by atoms with Crippen molar-refractivity contribution >= 4 is 82.6 Å². The van der Waals surface area contributed by atoms with Crippen LogP contribution >= 0.6 is 15.9 Å². The molecule has 0 aliphatic carbocycles. The second kappa shape index (κ2) is 9.76. The first-order valence-corrected chi connectivity index (χ1v) is 19.1. The van der Waals surface area contributed by atoms with Gasteiger partial charge < -0.3 is 9.13 Å². The van der Waals surface area contributed by atoms with Crippen molar-refractivity contribution in [2.24, 2.45) is 0 Å². The lowest BCUT2D eigenvalue weighted by molar-refractivity contribution is 0.590. The van der Waals surface area contributed by atoms with Gasteiger partial charge in [-0.15, -0.1) is 0 Å². The van der Waals surface area contributed by atoms with Gasteiger partial charge in [0.1, 0.15) is 0 Å². The van der Waals surface area contributed by atoms with E-state index in [0.717, 1.165) is 4.47 Å². The summed E-state index contributed by atoms with van der Waals surface area (Å²) in [5.74, 6) is 0. The number of fused-ring (bicyclic) bond motifs is 10. The van der Waals surface area contributed by atoms with Crippen molar-refractivity contribution < 1.29 is 0 Å². The minimum absolute atomic E-state index is 0.000919. The maximum absolute atomic E-state index is 4.03. The highest BCUT2D eigenvalue weighted by molar-refractivity contribution is 9.10. The van der Waals surface area contributed by atoms with Gasteiger partial charge in [0.25, 0.3) is 6.71 Å². The van der Waals surface area contributed by atoms with Gasteiger partial charge in [-0.2, -0.15) is 0 Å². The largest absolute Gasteiger partial charge is 0.310 e. The number of nitrogens with zero attached hydrogens (tertiary/aromatic N) is 2. The first kappa shape index (κ1) is 32.2. The van der Waals surface area contributed by atoms with E-state index in [2.05, 4.69) is 181 Å². The predicted molar refractivity (Wildman–Crippen MR) is 222 cm³/mol. The van der Waals surface area contributed by atoms with Gasteiger partial charge in [-0.05, 0) is 109 Å². The Morgan fingerprint density at radius 2 is 0.800 bits per heavy atom. The summed E-state index contributed by atoms with van der Waals surface area (Å²) < 4.78 is 6.30. The average Bonchev–Trinajstić information content (AvgIpc) is 3.52. The molecule has 0 saturated carbocycles. The van der Waals surface area contributed by atoms with E-state index >= 15 is 0 Å². The van der Waals surface area contributed by atoms with Gasteiger partial charge >= 0.3 is 0 Å². The molecule has 0 atom stereocenters. The molecule has 0 spiro atoms. The van der Waals surface area contributed by atoms with Gasteiger partial charge in [-0.25, -0.2) is 0 Å². The maximum Gasteiger partial charge on any atom is 0.252 e. The first-order valence-electron chi connectivity index (χ1n) is 18.3. The van der Waals surface area contributed by atoms with E-state index in [1.807, 2.05) is 0 Å². The van der Waals surface area contributed by atoms with Crippen LogP contribution in [0, 0.1) is 0 Å². The third-order valence-electron chi connectivity index (χ3n) is 11.7. The van der Waals surface area contributed by atoms with E-state index in [9.17, 15) is 0 Å². The average molecular weight is 720 g/mol. The van der Waals surface area contributed by atoms with Crippen molar-refractivity contribution in [3.05, 3.63) is 99.5 Å². The minimum atomic E-state index is -0.000919. The van der Waals surface area contributed by atoms with Crippen LogP contribution in [0.3, 0.4) is 0 Å². The zero-order chi connectivity index (χ0) is 35.6. The van der Waals surface area contributed by atoms with Crippen molar-refractivity contribution in [1.82, 2.24) is 9.13 Å². The minimum Gasteiger partial charge on any atom is -0.310 e. The molecule has 0 N–H and O–H groups in total. The van der Waals surface area contributed by atoms with Gasteiger partial charge in [0.15, 0.2) is 0 Å². The second-order valence-corrected chi connectivity index (χ2v) is 20.3. The molecule has 2 aromatic heterocycles. The fourth-order valence-electron chi connectivity index (χ4n) is 8.83. The summed E-state index contributed by atoms with van der Waals surface area (Å²) in [5.41, 5.74) is 17.8. The van der Waals surface area contributed by atoms with Crippen LogP contribution in [0.4, 0.5) is 0 Å². The molecule has 0 amide bonds. The van der Waals surface area contributed by atoms with Crippen molar-refractivity contribution in [3.63, 3.8) is 0 Å². The highest BCUT2D eigenvalue weighted by atomic mass is 79.9. The van der Waals surface area contributed by atoms with Crippen LogP contribution in [-0.4, -0.2) is 15.8 Å². The summed E-state index contributed by atoms with van der Waals surface area (Å²) in [5, 5.41) is 5.43. The molecule has 5 aromatic carbocycles. The molecule has 0 saturated heterocycles. The SMILES string of the molecule is CC(C)(C)c1ccc2c(c1)c1cc(C(C)(C)C)cc3c1n2-c1cc(Br)cc2c1B3c1cc(C(C)(C)C)cc3c4cc(C(C)(C)C)ccc4n-2c13. The molecular formula is C46H48BBrN2. The van der Waals surface area contributed by atoms with Crippen LogP contribution in [0.15, 0.2) is 77.3 Å². The monoisotopic (exact) mass is 718 g/mol. The smallest absolute Gasteiger partial charge is 0.252 e. The molecule has 0 bridgehead atoms. The number of rotatable bonds is 0. The molecule has 4 heterocycles. The Kier molecular flexibility index (Phi) is 6.28. The normalized spacial score (nSPS) is 14.5. The topological polar surface area (TPSA) is 9.86 Å². The van der Waals surface area contributed by atoms with Gasteiger partial charge in [0, 0.05) is 48.4 Å². The molecule has 2 aliphatic heterocycles. The highest BCUT2D eigenvalue weighted by Crippen LogP contribution is 2.43. The summed E-state index contributed by atoms with van der Waals surface area (Å²) in [6, 6.07) is 29.3. The van der Waals surface area contributed by atoms with Crippen molar-refractivity contribution in [2.75, 3.05) is 0 Å². The fraction of sp³-hybridized carbons (Fsp3) is 0.348. The van der Waals surface area contributed by atoms with Crippen LogP contribution in [-0.2, 0) is 21.7 Å². The summed E-state index contributed by atoms with van der Waals surface area (Å²) >= 11 is 4.03. The Morgan fingerprint density at radius 1 is 0.440 bits per heavy atom. The van der Waals surface area contributed by atoms with Crippen molar-refractivity contribution in [3.8, 4) is 11.4 Å². The van der Waals surface area contributed by atoms with Crippen molar-refractivity contribution in [2.45, 2.75) is 105 Å². The van der Waals surface area contributed by atoms with E-state index < -0.39 is 0 Å². The highest BCUT2D eigenvalue weighted by Gasteiger charge is 2.42. The summed E-state index contributed by atoms with van der Waals surface area (Å²) in [4.78, 5) is 0. The van der Waals surface area contributed by atoms with Crippen LogP contribution in [0.1, 0.15) is 105 Å². The summed E-state index contributed by atoms with van der Waals surface area (Å²) in [6.07, 6.45) is 0. The standard InChI is InChI=1S/C46H48BBrN2/c1-43(2,3)25-13-15-36-30(17-25)32-19-27(45(7,8)9)21-34-41(32)49(36)38-23-29(48)24-39-40(38)47(34)35-22-28(46(10,11)12)20-33-31-18-26(44(4,5)6)14-16-37(31)50(39)42(33)35/h13-24H,1-12H3.